The highest BCUT2D eigenvalue weighted by atomic mass is 79.9. The number of aliphatic carboxylic acids is 1. The lowest BCUT2D eigenvalue weighted by Gasteiger charge is -2.36. The van der Waals surface area contributed by atoms with Gasteiger partial charge in [0.1, 0.15) is 6.04 Å². The maximum atomic E-state index is 12.4. The number of fused-ring (bicyclic) bond motifs is 1. The van der Waals surface area contributed by atoms with Crippen LogP contribution in [0.3, 0.4) is 0 Å². The lowest BCUT2D eigenvalue weighted by atomic mass is 9.93. The van der Waals surface area contributed by atoms with Gasteiger partial charge in [-0.25, -0.2) is 4.79 Å². The minimum absolute atomic E-state index is 0.115. The molecule has 20 heavy (non-hydrogen) atoms. The fourth-order valence-electron chi connectivity index (χ4n) is 2.36. The number of rotatable bonds is 3. The van der Waals surface area contributed by atoms with Crippen molar-refractivity contribution < 1.29 is 14.7 Å². The number of amides is 1. The number of carboxylic acid groups (broad SMARTS) is 1. The highest BCUT2D eigenvalue weighted by Crippen LogP contribution is 2.30. The maximum absolute atomic E-state index is 12.4. The summed E-state index contributed by atoms with van der Waals surface area (Å²) < 4.78 is 0.909. The van der Waals surface area contributed by atoms with Crippen molar-refractivity contribution in [1.82, 2.24) is 4.90 Å². The van der Waals surface area contributed by atoms with Crippen molar-refractivity contribution in [2.75, 3.05) is 6.26 Å². The van der Waals surface area contributed by atoms with Crippen molar-refractivity contribution in [2.24, 2.45) is 0 Å². The van der Waals surface area contributed by atoms with Crippen LogP contribution >= 0.6 is 27.7 Å². The summed E-state index contributed by atoms with van der Waals surface area (Å²) in [6.07, 6.45) is 2.20. The van der Waals surface area contributed by atoms with Gasteiger partial charge in [0.2, 0.25) is 5.91 Å². The van der Waals surface area contributed by atoms with Crippen LogP contribution in [0.5, 0.6) is 0 Å². The zero-order valence-electron chi connectivity index (χ0n) is 11.3. The van der Waals surface area contributed by atoms with Gasteiger partial charge in [-0.3, -0.25) is 4.79 Å². The molecule has 0 bridgehead atoms. The molecule has 1 heterocycles. The Morgan fingerprint density at radius 1 is 1.50 bits per heavy atom. The Bertz CT molecular complexity index is 549. The number of nitrogens with zero attached hydrogens (tertiary/aromatic N) is 1. The summed E-state index contributed by atoms with van der Waals surface area (Å²) in [5, 5.41) is 9.18. The van der Waals surface area contributed by atoms with Gasteiger partial charge in [-0.2, -0.15) is 11.8 Å². The first-order chi connectivity index (χ1) is 9.45. The SMILES string of the molecule is CSC(C)C(=O)N1Cc2cccc(Br)c2CC1C(=O)O. The van der Waals surface area contributed by atoms with Crippen LogP contribution in [0.1, 0.15) is 18.1 Å². The molecule has 1 aromatic carbocycles. The number of benzene rings is 1. The Hall–Kier alpha value is -1.01. The lowest BCUT2D eigenvalue weighted by molar-refractivity contribution is -0.151. The van der Waals surface area contributed by atoms with Gasteiger partial charge in [0.05, 0.1) is 5.25 Å². The number of carbonyl (C=O) groups excluding carboxylic acids is 1. The molecule has 0 saturated carbocycles. The van der Waals surface area contributed by atoms with Gasteiger partial charge >= 0.3 is 5.97 Å². The number of hydrogen-bond donors (Lipinski definition) is 1. The summed E-state index contributed by atoms with van der Waals surface area (Å²) in [5.41, 5.74) is 2.00. The standard InChI is InChI=1S/C14H16BrNO3S/c1-8(20-2)13(17)16-7-9-4-3-5-11(15)10(9)6-12(16)14(18)19/h3-5,8,12H,6-7H2,1-2H3,(H,18,19). The second-order valence-electron chi connectivity index (χ2n) is 4.78. The predicted octanol–water partition coefficient (Wildman–Crippen LogP) is 2.54. The molecule has 2 atom stereocenters. The molecule has 1 N–H and O–H groups in total. The van der Waals surface area contributed by atoms with Crippen LogP contribution < -0.4 is 0 Å². The van der Waals surface area contributed by atoms with Gasteiger partial charge < -0.3 is 10.0 Å². The van der Waals surface area contributed by atoms with Crippen LogP contribution in [-0.4, -0.2) is 39.4 Å². The van der Waals surface area contributed by atoms with Crippen LogP contribution in [0, 0.1) is 0 Å². The van der Waals surface area contributed by atoms with E-state index in [0.717, 1.165) is 15.6 Å². The van der Waals surface area contributed by atoms with Gasteiger partial charge in [-0.05, 0) is 30.4 Å². The van der Waals surface area contributed by atoms with Crippen LogP contribution in [0.4, 0.5) is 0 Å². The van der Waals surface area contributed by atoms with Crippen molar-refractivity contribution in [1.29, 1.82) is 0 Å². The molecule has 1 amide bonds. The van der Waals surface area contributed by atoms with Crippen LogP contribution in [0.15, 0.2) is 22.7 Å². The van der Waals surface area contributed by atoms with Crippen molar-refractivity contribution in [2.45, 2.75) is 31.2 Å². The number of carboxylic acids is 1. The van der Waals surface area contributed by atoms with E-state index in [2.05, 4.69) is 15.9 Å². The molecule has 1 aromatic rings. The summed E-state index contributed by atoms with van der Waals surface area (Å²) >= 11 is 4.89. The van der Waals surface area contributed by atoms with Gasteiger partial charge in [-0.15, -0.1) is 0 Å². The average molecular weight is 358 g/mol. The molecule has 0 aromatic heterocycles. The average Bonchev–Trinajstić information content (AvgIpc) is 2.44. The van der Waals surface area contributed by atoms with E-state index in [4.69, 9.17) is 0 Å². The Labute approximate surface area is 130 Å². The Morgan fingerprint density at radius 3 is 2.80 bits per heavy atom. The third-order valence-electron chi connectivity index (χ3n) is 3.60. The topological polar surface area (TPSA) is 57.6 Å². The lowest BCUT2D eigenvalue weighted by Crippen LogP contribution is -2.51. The molecule has 0 aliphatic carbocycles. The molecular formula is C14H16BrNO3S. The van der Waals surface area contributed by atoms with Crippen molar-refractivity contribution in [3.63, 3.8) is 0 Å². The first-order valence-electron chi connectivity index (χ1n) is 6.28. The highest BCUT2D eigenvalue weighted by Gasteiger charge is 2.36. The molecule has 0 saturated heterocycles. The van der Waals surface area contributed by atoms with E-state index >= 15 is 0 Å². The molecular weight excluding hydrogens is 342 g/mol. The summed E-state index contributed by atoms with van der Waals surface area (Å²) in [5.74, 6) is -1.07. The molecule has 0 fully saturated rings. The van der Waals surface area contributed by atoms with E-state index in [1.54, 1.807) is 0 Å². The van der Waals surface area contributed by atoms with E-state index in [0.29, 0.717) is 13.0 Å². The second kappa shape index (κ2) is 6.18. The van der Waals surface area contributed by atoms with E-state index in [9.17, 15) is 14.7 Å². The largest absolute Gasteiger partial charge is 0.480 e. The molecule has 1 aliphatic rings. The third kappa shape index (κ3) is 2.86. The number of halogens is 1. The molecule has 0 spiro atoms. The first kappa shape index (κ1) is 15.4. The zero-order chi connectivity index (χ0) is 14.9. The minimum Gasteiger partial charge on any atom is -0.480 e. The van der Waals surface area contributed by atoms with E-state index in [1.165, 1.54) is 16.7 Å². The Balaban J connectivity index is 2.37. The fourth-order valence-corrected chi connectivity index (χ4v) is 3.27. The highest BCUT2D eigenvalue weighted by molar-refractivity contribution is 9.10. The van der Waals surface area contributed by atoms with Gasteiger partial charge in [0.25, 0.3) is 0 Å². The third-order valence-corrected chi connectivity index (χ3v) is 5.25. The van der Waals surface area contributed by atoms with Crippen molar-refractivity contribution in [3.8, 4) is 0 Å². The number of thioether (sulfide) groups is 1. The zero-order valence-corrected chi connectivity index (χ0v) is 13.7. The quantitative estimate of drug-likeness (QED) is 0.902. The fraction of sp³-hybridized carbons (Fsp3) is 0.429. The minimum atomic E-state index is -0.951. The monoisotopic (exact) mass is 357 g/mol. The molecule has 6 heteroatoms. The molecule has 0 radical (unpaired) electrons. The molecule has 2 unspecified atom stereocenters. The van der Waals surface area contributed by atoms with Gasteiger partial charge in [-0.1, -0.05) is 28.1 Å². The number of hydrogen-bond acceptors (Lipinski definition) is 3. The second-order valence-corrected chi connectivity index (χ2v) is 6.81. The van der Waals surface area contributed by atoms with E-state index < -0.39 is 12.0 Å². The summed E-state index contributed by atoms with van der Waals surface area (Å²) in [6, 6.07) is 4.97. The van der Waals surface area contributed by atoms with Crippen molar-refractivity contribution >= 4 is 39.6 Å². The maximum Gasteiger partial charge on any atom is 0.326 e. The summed E-state index contributed by atoms with van der Waals surface area (Å²) in [7, 11) is 0. The van der Waals surface area contributed by atoms with Gasteiger partial charge in [0, 0.05) is 17.4 Å². The molecule has 108 valence electrons. The van der Waals surface area contributed by atoms with Gasteiger partial charge in [0.15, 0.2) is 0 Å². The molecule has 4 nitrogen and oxygen atoms in total. The van der Waals surface area contributed by atoms with Crippen LogP contribution in [0.25, 0.3) is 0 Å². The summed E-state index contributed by atoms with van der Waals surface area (Å²) in [4.78, 5) is 25.3. The van der Waals surface area contributed by atoms with E-state index in [1.807, 2.05) is 31.4 Å². The summed E-state index contributed by atoms with van der Waals surface area (Å²) in [6.45, 7) is 2.16. The Morgan fingerprint density at radius 2 is 2.20 bits per heavy atom. The predicted molar refractivity (Wildman–Crippen MR) is 82.8 cm³/mol. The first-order valence-corrected chi connectivity index (χ1v) is 8.36. The van der Waals surface area contributed by atoms with Crippen molar-refractivity contribution in [3.05, 3.63) is 33.8 Å². The Kier molecular flexibility index (Phi) is 4.75. The van der Waals surface area contributed by atoms with Crippen LogP contribution in [-0.2, 0) is 22.6 Å². The smallest absolute Gasteiger partial charge is 0.326 e. The molecule has 2 rings (SSSR count). The van der Waals surface area contributed by atoms with E-state index in [-0.39, 0.29) is 11.2 Å². The number of carbonyl (C=O) groups is 2. The van der Waals surface area contributed by atoms with Crippen LogP contribution in [0.2, 0.25) is 0 Å². The molecule has 1 aliphatic heterocycles. The normalized spacial score (nSPS) is 19.4.